The lowest BCUT2D eigenvalue weighted by Gasteiger charge is -2.26. The van der Waals surface area contributed by atoms with E-state index < -0.39 is 5.54 Å². The molecule has 0 spiro atoms. The van der Waals surface area contributed by atoms with E-state index in [1.165, 1.54) is 6.08 Å². The van der Waals surface area contributed by atoms with Crippen molar-refractivity contribution >= 4 is 12.0 Å². The van der Waals surface area contributed by atoms with Gasteiger partial charge >= 0.3 is 0 Å². The van der Waals surface area contributed by atoms with Crippen LogP contribution >= 0.6 is 0 Å². The van der Waals surface area contributed by atoms with Crippen molar-refractivity contribution in [3.63, 3.8) is 0 Å². The maximum atomic E-state index is 12.5. The van der Waals surface area contributed by atoms with Gasteiger partial charge in [-0.05, 0) is 31.9 Å². The molecule has 1 amide bonds. The molecule has 1 aromatic heterocycles. The van der Waals surface area contributed by atoms with Gasteiger partial charge in [0.15, 0.2) is 5.82 Å². The normalized spacial score (nSPS) is 16.2. The highest BCUT2D eigenvalue weighted by molar-refractivity contribution is 5.92. The fourth-order valence-electron chi connectivity index (χ4n) is 3.22. The number of rotatable bonds is 6. The average Bonchev–Trinajstić information content (AvgIpc) is 3.24. The summed E-state index contributed by atoms with van der Waals surface area (Å²) in [5.41, 5.74) is 0.342. The quantitative estimate of drug-likeness (QED) is 0.815. The second kappa shape index (κ2) is 7.51. The molecule has 1 aliphatic carbocycles. The van der Waals surface area contributed by atoms with Gasteiger partial charge in [0.05, 0.1) is 6.61 Å². The highest BCUT2D eigenvalue weighted by Gasteiger charge is 2.40. The first-order valence-electron chi connectivity index (χ1n) is 8.66. The number of nitrogens with one attached hydrogen (secondary N) is 1. The van der Waals surface area contributed by atoms with Crippen molar-refractivity contribution in [1.82, 2.24) is 15.5 Å². The van der Waals surface area contributed by atoms with Gasteiger partial charge in [-0.3, -0.25) is 4.79 Å². The lowest BCUT2D eigenvalue weighted by molar-refractivity contribution is -0.118. The maximum absolute atomic E-state index is 12.5. The van der Waals surface area contributed by atoms with Crippen molar-refractivity contribution in [3.05, 3.63) is 47.6 Å². The lowest BCUT2D eigenvalue weighted by Crippen LogP contribution is -2.44. The maximum Gasteiger partial charge on any atom is 0.244 e. The Morgan fingerprint density at radius 3 is 2.80 bits per heavy atom. The molecule has 1 heterocycles. The molecule has 1 aliphatic rings. The van der Waals surface area contributed by atoms with Crippen LogP contribution in [0.4, 0.5) is 0 Å². The number of ether oxygens (including phenoxy) is 1. The minimum atomic E-state index is -0.529. The number of amides is 1. The number of nitrogens with zero attached hydrogens (tertiary/aromatic N) is 2. The monoisotopic (exact) mass is 341 g/mol. The Bertz CT molecular complexity index is 761. The highest BCUT2D eigenvalue weighted by Crippen LogP contribution is 2.37. The van der Waals surface area contributed by atoms with Crippen LogP contribution < -0.4 is 10.1 Å². The molecule has 6 heteroatoms. The number of hydrogen-bond acceptors (Lipinski definition) is 5. The van der Waals surface area contributed by atoms with E-state index in [0.717, 1.165) is 37.0 Å². The lowest BCUT2D eigenvalue weighted by atomic mass is 9.96. The molecule has 25 heavy (non-hydrogen) atoms. The van der Waals surface area contributed by atoms with E-state index in [1.807, 2.05) is 31.2 Å². The summed E-state index contributed by atoms with van der Waals surface area (Å²) in [5.74, 6) is 1.67. The Hall–Kier alpha value is -2.63. The molecule has 1 fully saturated rings. The standard InChI is InChI=1S/C19H23N3O3/c1-3-24-16-9-5-4-8-15(16)10-11-17(23)21-19(12-6-7-13-19)18-20-14(2)25-22-18/h4-5,8-11H,3,6-7,12-13H2,1-2H3,(H,21,23)/b11-10+. The van der Waals surface area contributed by atoms with Gasteiger partial charge in [0.1, 0.15) is 11.3 Å². The number of benzene rings is 1. The summed E-state index contributed by atoms with van der Waals surface area (Å²) in [4.78, 5) is 16.8. The predicted molar refractivity (Wildman–Crippen MR) is 94.0 cm³/mol. The van der Waals surface area contributed by atoms with Crippen molar-refractivity contribution in [2.24, 2.45) is 0 Å². The largest absolute Gasteiger partial charge is 0.493 e. The minimum Gasteiger partial charge on any atom is -0.493 e. The second-order valence-electron chi connectivity index (χ2n) is 6.22. The first-order valence-corrected chi connectivity index (χ1v) is 8.66. The highest BCUT2D eigenvalue weighted by atomic mass is 16.5. The summed E-state index contributed by atoms with van der Waals surface area (Å²) < 4.78 is 10.7. The number of carbonyl (C=O) groups is 1. The van der Waals surface area contributed by atoms with E-state index in [-0.39, 0.29) is 5.91 Å². The summed E-state index contributed by atoms with van der Waals surface area (Å²) in [5, 5.41) is 7.13. The molecule has 1 aromatic carbocycles. The van der Waals surface area contributed by atoms with Crippen LogP contribution in [0.15, 0.2) is 34.9 Å². The van der Waals surface area contributed by atoms with Crippen LogP contribution in [0.3, 0.4) is 0 Å². The van der Waals surface area contributed by atoms with Gasteiger partial charge in [0, 0.05) is 18.6 Å². The van der Waals surface area contributed by atoms with Crippen molar-refractivity contribution in [2.45, 2.75) is 45.1 Å². The van der Waals surface area contributed by atoms with Gasteiger partial charge in [-0.25, -0.2) is 0 Å². The average molecular weight is 341 g/mol. The predicted octanol–water partition coefficient (Wildman–Crippen LogP) is 3.38. The molecule has 132 valence electrons. The van der Waals surface area contributed by atoms with E-state index >= 15 is 0 Å². The van der Waals surface area contributed by atoms with E-state index in [9.17, 15) is 4.79 Å². The van der Waals surface area contributed by atoms with Gasteiger partial charge in [0.2, 0.25) is 11.8 Å². The Morgan fingerprint density at radius 2 is 2.12 bits per heavy atom. The van der Waals surface area contributed by atoms with E-state index in [0.29, 0.717) is 18.3 Å². The Morgan fingerprint density at radius 1 is 1.36 bits per heavy atom. The molecule has 0 saturated heterocycles. The summed E-state index contributed by atoms with van der Waals surface area (Å²) in [6.07, 6.45) is 7.01. The molecular formula is C19H23N3O3. The third-order valence-electron chi connectivity index (χ3n) is 4.41. The first-order chi connectivity index (χ1) is 12.1. The van der Waals surface area contributed by atoms with Crippen LogP contribution in [0.2, 0.25) is 0 Å². The SMILES string of the molecule is CCOc1ccccc1/C=C/C(=O)NC1(c2noc(C)n2)CCCC1. The number of aromatic nitrogens is 2. The van der Waals surface area contributed by atoms with E-state index in [2.05, 4.69) is 15.5 Å². The molecule has 6 nitrogen and oxygen atoms in total. The molecule has 0 aliphatic heterocycles. The molecule has 0 bridgehead atoms. The Kier molecular flexibility index (Phi) is 5.16. The Balaban J connectivity index is 1.75. The van der Waals surface area contributed by atoms with Crippen molar-refractivity contribution < 1.29 is 14.1 Å². The topological polar surface area (TPSA) is 77.2 Å². The minimum absolute atomic E-state index is 0.171. The molecule has 0 atom stereocenters. The van der Waals surface area contributed by atoms with Gasteiger partial charge < -0.3 is 14.6 Å². The molecule has 1 N–H and O–H groups in total. The van der Waals surface area contributed by atoms with Gasteiger partial charge in [0.25, 0.3) is 0 Å². The summed E-state index contributed by atoms with van der Waals surface area (Å²) in [7, 11) is 0. The molecule has 2 aromatic rings. The van der Waals surface area contributed by atoms with Gasteiger partial charge in [-0.15, -0.1) is 0 Å². The third-order valence-corrected chi connectivity index (χ3v) is 4.41. The number of aryl methyl sites for hydroxylation is 1. The van der Waals surface area contributed by atoms with Gasteiger partial charge in [-0.1, -0.05) is 36.2 Å². The van der Waals surface area contributed by atoms with Crippen LogP contribution in [0.5, 0.6) is 5.75 Å². The molecular weight excluding hydrogens is 318 g/mol. The van der Waals surface area contributed by atoms with Crippen LogP contribution in [0, 0.1) is 6.92 Å². The fraction of sp³-hybridized carbons (Fsp3) is 0.421. The summed E-state index contributed by atoms with van der Waals surface area (Å²) >= 11 is 0. The summed E-state index contributed by atoms with van der Waals surface area (Å²) in [6.45, 7) is 4.27. The first kappa shape index (κ1) is 17.2. The van der Waals surface area contributed by atoms with Crippen LogP contribution in [0.1, 0.15) is 49.9 Å². The van der Waals surface area contributed by atoms with Crippen LogP contribution in [-0.4, -0.2) is 22.7 Å². The van der Waals surface area contributed by atoms with Crippen molar-refractivity contribution in [1.29, 1.82) is 0 Å². The summed E-state index contributed by atoms with van der Waals surface area (Å²) in [6, 6.07) is 7.64. The number of carbonyl (C=O) groups excluding carboxylic acids is 1. The fourth-order valence-corrected chi connectivity index (χ4v) is 3.22. The van der Waals surface area contributed by atoms with Crippen molar-refractivity contribution in [2.75, 3.05) is 6.61 Å². The second-order valence-corrected chi connectivity index (χ2v) is 6.22. The van der Waals surface area contributed by atoms with Crippen molar-refractivity contribution in [3.8, 4) is 5.75 Å². The van der Waals surface area contributed by atoms with E-state index in [4.69, 9.17) is 9.26 Å². The number of hydrogen-bond donors (Lipinski definition) is 1. The zero-order valence-corrected chi connectivity index (χ0v) is 14.6. The third kappa shape index (κ3) is 3.90. The van der Waals surface area contributed by atoms with Gasteiger partial charge in [-0.2, -0.15) is 4.98 Å². The van der Waals surface area contributed by atoms with Crippen LogP contribution in [-0.2, 0) is 10.3 Å². The molecule has 3 rings (SSSR count). The number of para-hydroxylation sites is 1. The van der Waals surface area contributed by atoms with Crippen LogP contribution in [0.25, 0.3) is 6.08 Å². The zero-order chi connectivity index (χ0) is 17.7. The van der Waals surface area contributed by atoms with E-state index in [1.54, 1.807) is 13.0 Å². The molecule has 0 radical (unpaired) electrons. The smallest absolute Gasteiger partial charge is 0.244 e. The molecule has 1 saturated carbocycles. The Labute approximate surface area is 147 Å². The zero-order valence-electron chi connectivity index (χ0n) is 14.6. The molecule has 0 unspecified atom stereocenters.